The first-order chi connectivity index (χ1) is 10.8. The predicted octanol–water partition coefficient (Wildman–Crippen LogP) is 2.83. The van der Waals surface area contributed by atoms with E-state index in [0.717, 1.165) is 29.2 Å². The van der Waals surface area contributed by atoms with Gasteiger partial charge < -0.3 is 14.5 Å². The van der Waals surface area contributed by atoms with Gasteiger partial charge in [0, 0.05) is 37.5 Å². The van der Waals surface area contributed by atoms with E-state index in [9.17, 15) is 0 Å². The molecule has 0 bridgehead atoms. The molecule has 4 rings (SSSR count). The molecule has 2 aromatic rings. The molecule has 2 aromatic heterocycles. The number of fused-ring (bicyclic) bond motifs is 1. The molecule has 0 spiro atoms. The van der Waals surface area contributed by atoms with Gasteiger partial charge in [-0.15, -0.1) is 0 Å². The molecule has 0 amide bonds. The lowest BCUT2D eigenvalue weighted by Crippen LogP contribution is -2.28. The van der Waals surface area contributed by atoms with Crippen LogP contribution in [0, 0.1) is 5.92 Å². The van der Waals surface area contributed by atoms with E-state index in [4.69, 9.17) is 4.74 Å². The Morgan fingerprint density at radius 1 is 1.27 bits per heavy atom. The normalized spacial score (nSPS) is 18.0. The van der Waals surface area contributed by atoms with E-state index in [0.29, 0.717) is 5.88 Å². The standard InChI is InChI=1S/C16H19N5O/c1-22-16-14-13(5-6-17-16)18-19-15(14)21-9-7-20(8-10-21)11-12-3-2-4-12/h5-10,12H,2-4,11H2,1H3,(H,18,19). The van der Waals surface area contributed by atoms with Crippen molar-refractivity contribution in [2.45, 2.75) is 19.3 Å². The van der Waals surface area contributed by atoms with Crippen LogP contribution in [0.5, 0.6) is 5.88 Å². The van der Waals surface area contributed by atoms with Gasteiger partial charge in [0.25, 0.3) is 0 Å². The molecule has 1 fully saturated rings. The third-order valence-corrected chi connectivity index (χ3v) is 4.39. The van der Waals surface area contributed by atoms with Crippen LogP contribution in [0.2, 0.25) is 0 Å². The van der Waals surface area contributed by atoms with Crippen LogP contribution in [0.15, 0.2) is 37.1 Å². The maximum absolute atomic E-state index is 5.36. The summed E-state index contributed by atoms with van der Waals surface area (Å²) >= 11 is 0. The zero-order valence-electron chi connectivity index (χ0n) is 12.6. The van der Waals surface area contributed by atoms with Gasteiger partial charge >= 0.3 is 0 Å². The Balaban J connectivity index is 1.58. The van der Waals surface area contributed by atoms with Gasteiger partial charge in [0.15, 0.2) is 5.82 Å². The van der Waals surface area contributed by atoms with E-state index < -0.39 is 0 Å². The van der Waals surface area contributed by atoms with Crippen LogP contribution in [-0.4, -0.2) is 33.7 Å². The van der Waals surface area contributed by atoms with E-state index >= 15 is 0 Å². The topological polar surface area (TPSA) is 57.3 Å². The first kappa shape index (κ1) is 13.2. The van der Waals surface area contributed by atoms with Crippen molar-refractivity contribution in [1.29, 1.82) is 0 Å². The molecule has 22 heavy (non-hydrogen) atoms. The Bertz CT molecular complexity index is 717. The van der Waals surface area contributed by atoms with Crippen molar-refractivity contribution in [2.24, 2.45) is 5.92 Å². The lowest BCUT2D eigenvalue weighted by Gasteiger charge is -2.31. The molecule has 114 valence electrons. The second-order valence-electron chi connectivity index (χ2n) is 5.79. The zero-order chi connectivity index (χ0) is 14.9. The molecule has 0 atom stereocenters. The van der Waals surface area contributed by atoms with Gasteiger partial charge in [0.05, 0.1) is 12.6 Å². The number of methoxy groups -OCH3 is 1. The number of aromatic amines is 1. The van der Waals surface area contributed by atoms with Gasteiger partial charge in [0.2, 0.25) is 5.88 Å². The van der Waals surface area contributed by atoms with Crippen molar-refractivity contribution in [2.75, 3.05) is 18.6 Å². The summed E-state index contributed by atoms with van der Waals surface area (Å²) in [6.07, 6.45) is 14.1. The highest BCUT2D eigenvalue weighted by Crippen LogP contribution is 2.32. The second kappa shape index (κ2) is 5.36. The van der Waals surface area contributed by atoms with Crippen LogP contribution < -0.4 is 9.64 Å². The van der Waals surface area contributed by atoms with Gasteiger partial charge in [-0.3, -0.25) is 5.10 Å². The SMILES string of the molecule is COc1nccc2[nH]nc(N3C=CN(CC4CCC4)C=C3)c12. The monoisotopic (exact) mass is 297 g/mol. The summed E-state index contributed by atoms with van der Waals surface area (Å²) in [4.78, 5) is 8.49. The largest absolute Gasteiger partial charge is 0.480 e. The van der Waals surface area contributed by atoms with E-state index in [2.05, 4.69) is 32.5 Å². The minimum absolute atomic E-state index is 0.583. The number of hydrogen-bond acceptors (Lipinski definition) is 5. The highest BCUT2D eigenvalue weighted by Gasteiger charge is 2.21. The molecule has 1 aliphatic heterocycles. The third kappa shape index (κ3) is 2.20. The molecule has 6 heteroatoms. The van der Waals surface area contributed by atoms with Crippen molar-refractivity contribution < 1.29 is 4.74 Å². The maximum Gasteiger partial charge on any atom is 0.226 e. The smallest absolute Gasteiger partial charge is 0.226 e. The number of nitrogens with one attached hydrogen (secondary N) is 1. The number of aromatic nitrogens is 3. The quantitative estimate of drug-likeness (QED) is 0.940. The Kier molecular flexibility index (Phi) is 3.21. The van der Waals surface area contributed by atoms with Crippen molar-refractivity contribution in [1.82, 2.24) is 20.1 Å². The van der Waals surface area contributed by atoms with E-state index in [-0.39, 0.29) is 0 Å². The number of H-pyrrole nitrogens is 1. The average molecular weight is 297 g/mol. The lowest BCUT2D eigenvalue weighted by molar-refractivity contribution is 0.257. The van der Waals surface area contributed by atoms with Gasteiger partial charge in [-0.2, -0.15) is 5.10 Å². The predicted molar refractivity (Wildman–Crippen MR) is 85.2 cm³/mol. The average Bonchev–Trinajstić information content (AvgIpc) is 2.95. The molecular weight excluding hydrogens is 278 g/mol. The van der Waals surface area contributed by atoms with Crippen LogP contribution in [0.4, 0.5) is 5.82 Å². The van der Waals surface area contributed by atoms with Crippen molar-refractivity contribution in [3.8, 4) is 5.88 Å². The third-order valence-electron chi connectivity index (χ3n) is 4.39. The summed E-state index contributed by atoms with van der Waals surface area (Å²) in [5, 5.41) is 8.32. The van der Waals surface area contributed by atoms with E-state index in [1.807, 2.05) is 23.4 Å². The number of ether oxygens (including phenoxy) is 1. The Morgan fingerprint density at radius 2 is 2.09 bits per heavy atom. The molecule has 1 saturated carbocycles. The molecule has 0 saturated heterocycles. The fraction of sp³-hybridized carbons (Fsp3) is 0.375. The number of pyridine rings is 1. The highest BCUT2D eigenvalue weighted by atomic mass is 16.5. The number of nitrogens with zero attached hydrogens (tertiary/aromatic N) is 4. The van der Waals surface area contributed by atoms with Crippen LogP contribution in [0.1, 0.15) is 19.3 Å². The fourth-order valence-corrected chi connectivity index (χ4v) is 2.91. The first-order valence-corrected chi connectivity index (χ1v) is 7.63. The van der Waals surface area contributed by atoms with Gasteiger partial charge in [0.1, 0.15) is 5.39 Å². The summed E-state index contributed by atoms with van der Waals surface area (Å²) in [6, 6.07) is 1.90. The van der Waals surface area contributed by atoms with Gasteiger partial charge in [-0.1, -0.05) is 6.42 Å². The fourth-order valence-electron chi connectivity index (χ4n) is 2.91. The number of hydrogen-bond donors (Lipinski definition) is 1. The summed E-state index contributed by atoms with van der Waals surface area (Å²) in [5.41, 5.74) is 0.917. The Labute approximate surface area is 129 Å². The van der Waals surface area contributed by atoms with Crippen LogP contribution in [0.25, 0.3) is 10.9 Å². The summed E-state index contributed by atoms with van der Waals surface area (Å²) in [6.45, 7) is 1.10. The number of rotatable bonds is 4. The lowest BCUT2D eigenvalue weighted by atomic mass is 9.85. The molecular formula is C16H19N5O. The molecule has 6 nitrogen and oxygen atoms in total. The van der Waals surface area contributed by atoms with Crippen molar-refractivity contribution in [3.63, 3.8) is 0 Å². The molecule has 0 aromatic carbocycles. The van der Waals surface area contributed by atoms with Crippen LogP contribution >= 0.6 is 0 Å². The molecule has 3 heterocycles. The summed E-state index contributed by atoms with van der Waals surface area (Å²) in [7, 11) is 1.63. The van der Waals surface area contributed by atoms with Gasteiger partial charge in [-0.05, 0) is 24.8 Å². The molecule has 0 unspecified atom stereocenters. The van der Waals surface area contributed by atoms with Gasteiger partial charge in [-0.25, -0.2) is 4.98 Å². The van der Waals surface area contributed by atoms with E-state index in [1.165, 1.54) is 19.3 Å². The molecule has 1 N–H and O–H groups in total. The molecule has 1 aliphatic carbocycles. The van der Waals surface area contributed by atoms with Crippen molar-refractivity contribution in [3.05, 3.63) is 37.1 Å². The molecule has 0 radical (unpaired) electrons. The van der Waals surface area contributed by atoms with Crippen LogP contribution in [-0.2, 0) is 0 Å². The Hall–Kier alpha value is -2.50. The zero-order valence-corrected chi connectivity index (χ0v) is 12.6. The summed E-state index contributed by atoms with van der Waals surface area (Å²) in [5.74, 6) is 2.23. The minimum atomic E-state index is 0.583. The van der Waals surface area contributed by atoms with Crippen LogP contribution in [0.3, 0.4) is 0 Å². The minimum Gasteiger partial charge on any atom is -0.480 e. The highest BCUT2D eigenvalue weighted by molar-refractivity contribution is 5.95. The Morgan fingerprint density at radius 3 is 2.77 bits per heavy atom. The second-order valence-corrected chi connectivity index (χ2v) is 5.79. The molecule has 2 aliphatic rings. The first-order valence-electron chi connectivity index (χ1n) is 7.63. The number of anilines is 1. The van der Waals surface area contributed by atoms with E-state index in [1.54, 1.807) is 13.3 Å². The van der Waals surface area contributed by atoms with Crippen molar-refractivity contribution >= 4 is 16.7 Å². The maximum atomic E-state index is 5.36. The summed E-state index contributed by atoms with van der Waals surface area (Å²) < 4.78 is 5.36.